The first-order valence-corrected chi connectivity index (χ1v) is 7.60. The molecule has 2 unspecified atom stereocenters. The molecule has 1 rings (SSSR count). The molecule has 1 fully saturated rings. The van der Waals surface area contributed by atoms with Crippen LogP contribution in [0.2, 0.25) is 0 Å². The number of nitrogens with zero attached hydrogens (tertiary/aromatic N) is 1. The van der Waals surface area contributed by atoms with Crippen LogP contribution in [0.25, 0.3) is 0 Å². The normalized spacial score (nSPS) is 31.2. The average Bonchev–Trinajstić information content (AvgIpc) is 2.20. The minimum absolute atomic E-state index is 0.281. The Balaban J connectivity index is 3.00. The van der Waals surface area contributed by atoms with Gasteiger partial charge in [0.25, 0.3) is 0 Å². The van der Waals surface area contributed by atoms with Crippen LogP contribution in [0.1, 0.15) is 75.2 Å². The van der Waals surface area contributed by atoms with Gasteiger partial charge in [0.1, 0.15) is 0 Å². The molecule has 18 heavy (non-hydrogen) atoms. The lowest BCUT2D eigenvalue weighted by atomic mass is 9.70. The van der Waals surface area contributed by atoms with Crippen LogP contribution >= 0.6 is 0 Å². The van der Waals surface area contributed by atoms with Crippen molar-refractivity contribution in [2.45, 2.75) is 86.7 Å². The zero-order chi connectivity index (χ0) is 14.4. The molecule has 0 saturated carbocycles. The van der Waals surface area contributed by atoms with Crippen molar-refractivity contribution in [1.29, 1.82) is 0 Å². The monoisotopic (exact) mass is 253 g/mol. The Labute approximate surface area is 115 Å². The lowest BCUT2D eigenvalue weighted by Crippen LogP contribution is -2.49. The lowest BCUT2D eigenvalue weighted by Gasteiger charge is -2.42. The van der Waals surface area contributed by atoms with Crippen molar-refractivity contribution in [3.8, 4) is 0 Å². The zero-order valence-electron chi connectivity index (χ0n) is 14.2. The second-order valence-electron chi connectivity index (χ2n) is 9.31. The summed E-state index contributed by atoms with van der Waals surface area (Å²) in [6, 6.07) is 0.691. The van der Waals surface area contributed by atoms with E-state index in [1.54, 1.807) is 0 Å². The molecule has 0 N–H and O–H groups in total. The number of hydrogen-bond acceptors (Lipinski definition) is 1. The van der Waals surface area contributed by atoms with E-state index in [-0.39, 0.29) is 5.54 Å². The maximum atomic E-state index is 2.72. The Bertz CT molecular complexity index is 277. The van der Waals surface area contributed by atoms with E-state index in [9.17, 15) is 0 Å². The van der Waals surface area contributed by atoms with Crippen LogP contribution in [0, 0.1) is 16.7 Å². The van der Waals surface area contributed by atoms with Gasteiger partial charge < -0.3 is 0 Å². The summed E-state index contributed by atoms with van der Waals surface area (Å²) < 4.78 is 0. The summed E-state index contributed by atoms with van der Waals surface area (Å²) in [5, 5.41) is 0. The topological polar surface area (TPSA) is 3.24 Å². The molecular formula is C17H35N. The molecule has 0 aliphatic carbocycles. The van der Waals surface area contributed by atoms with Crippen molar-refractivity contribution in [2.75, 3.05) is 6.54 Å². The molecular weight excluding hydrogens is 218 g/mol. The molecule has 0 bridgehead atoms. The molecule has 0 aromatic heterocycles. The molecule has 1 nitrogen and oxygen atoms in total. The molecule has 2 atom stereocenters. The lowest BCUT2D eigenvalue weighted by molar-refractivity contribution is 0.0595. The van der Waals surface area contributed by atoms with Crippen LogP contribution in [0.15, 0.2) is 0 Å². The molecule has 0 aromatic carbocycles. The van der Waals surface area contributed by atoms with Gasteiger partial charge in [-0.05, 0) is 57.3 Å². The molecule has 1 heteroatoms. The van der Waals surface area contributed by atoms with Gasteiger partial charge in [-0.25, -0.2) is 0 Å². The molecule has 108 valence electrons. The van der Waals surface area contributed by atoms with E-state index in [1.807, 2.05) is 0 Å². The van der Waals surface area contributed by atoms with Gasteiger partial charge in [0.2, 0.25) is 0 Å². The van der Waals surface area contributed by atoms with E-state index in [1.165, 1.54) is 19.4 Å². The summed E-state index contributed by atoms with van der Waals surface area (Å²) in [6.07, 6.45) is 2.69. The molecule has 0 radical (unpaired) electrons. The van der Waals surface area contributed by atoms with E-state index in [0.29, 0.717) is 16.9 Å². The van der Waals surface area contributed by atoms with Gasteiger partial charge in [0.15, 0.2) is 0 Å². The molecule has 1 aliphatic rings. The van der Waals surface area contributed by atoms with E-state index < -0.39 is 0 Å². The highest BCUT2D eigenvalue weighted by Crippen LogP contribution is 2.44. The summed E-state index contributed by atoms with van der Waals surface area (Å²) in [6.45, 7) is 22.8. The van der Waals surface area contributed by atoms with Gasteiger partial charge in [0.05, 0.1) is 0 Å². The van der Waals surface area contributed by atoms with Crippen molar-refractivity contribution in [3.63, 3.8) is 0 Å². The highest BCUT2D eigenvalue weighted by Gasteiger charge is 2.40. The maximum Gasteiger partial charge on any atom is 0.0128 e. The molecule has 0 aromatic rings. The number of likely N-dealkylation sites (tertiary alicyclic amines) is 1. The fourth-order valence-electron chi connectivity index (χ4n) is 3.53. The van der Waals surface area contributed by atoms with Gasteiger partial charge in [-0.2, -0.15) is 0 Å². The fraction of sp³-hybridized carbons (Fsp3) is 1.00. The summed E-state index contributed by atoms with van der Waals surface area (Å²) in [5.74, 6) is 0.829. The zero-order valence-corrected chi connectivity index (χ0v) is 14.2. The first-order valence-electron chi connectivity index (χ1n) is 7.60. The minimum atomic E-state index is 0.281. The van der Waals surface area contributed by atoms with Crippen molar-refractivity contribution in [2.24, 2.45) is 16.7 Å². The van der Waals surface area contributed by atoms with Crippen LogP contribution in [-0.2, 0) is 0 Å². The van der Waals surface area contributed by atoms with Gasteiger partial charge in [-0.1, -0.05) is 34.6 Å². The second kappa shape index (κ2) is 4.81. The van der Waals surface area contributed by atoms with Crippen LogP contribution in [0.4, 0.5) is 0 Å². The predicted molar refractivity (Wildman–Crippen MR) is 81.9 cm³/mol. The third-order valence-corrected chi connectivity index (χ3v) is 4.64. The Hall–Kier alpha value is -0.0400. The van der Waals surface area contributed by atoms with Crippen LogP contribution in [-0.4, -0.2) is 23.0 Å². The van der Waals surface area contributed by atoms with E-state index in [0.717, 1.165) is 5.92 Å². The molecule has 0 amide bonds. The van der Waals surface area contributed by atoms with E-state index in [2.05, 4.69) is 67.2 Å². The first kappa shape index (κ1) is 16.0. The highest BCUT2D eigenvalue weighted by atomic mass is 15.2. The van der Waals surface area contributed by atoms with Crippen LogP contribution in [0.5, 0.6) is 0 Å². The van der Waals surface area contributed by atoms with Crippen molar-refractivity contribution < 1.29 is 0 Å². The Kier molecular flexibility index (Phi) is 4.28. The second-order valence-corrected chi connectivity index (χ2v) is 9.31. The number of rotatable bonds is 0. The average molecular weight is 253 g/mol. The van der Waals surface area contributed by atoms with Gasteiger partial charge >= 0.3 is 0 Å². The molecule has 1 aliphatic heterocycles. The smallest absolute Gasteiger partial charge is 0.0128 e. The van der Waals surface area contributed by atoms with Gasteiger partial charge in [0, 0.05) is 18.1 Å². The molecule has 1 saturated heterocycles. The highest BCUT2D eigenvalue weighted by molar-refractivity contribution is 4.93. The van der Waals surface area contributed by atoms with Gasteiger partial charge in [-0.15, -0.1) is 0 Å². The van der Waals surface area contributed by atoms with Crippen LogP contribution < -0.4 is 0 Å². The van der Waals surface area contributed by atoms with Crippen molar-refractivity contribution >= 4 is 0 Å². The van der Waals surface area contributed by atoms with E-state index >= 15 is 0 Å². The SMILES string of the molecule is CC1CC(C(C)(C)C)CC(C)(C)CN1C(C)(C)C. The number of hydrogen-bond donors (Lipinski definition) is 0. The minimum Gasteiger partial charge on any atom is -0.295 e. The van der Waals surface area contributed by atoms with Crippen molar-refractivity contribution in [3.05, 3.63) is 0 Å². The third kappa shape index (κ3) is 3.98. The predicted octanol–water partition coefficient (Wildman–Crippen LogP) is 4.96. The molecule has 0 spiro atoms. The summed E-state index contributed by atoms with van der Waals surface area (Å²) in [7, 11) is 0. The Morgan fingerprint density at radius 3 is 1.89 bits per heavy atom. The fourth-order valence-corrected chi connectivity index (χ4v) is 3.53. The van der Waals surface area contributed by atoms with Crippen molar-refractivity contribution in [1.82, 2.24) is 4.90 Å². The van der Waals surface area contributed by atoms with E-state index in [4.69, 9.17) is 0 Å². The standard InChI is InChI=1S/C17H35N/c1-13-10-14(15(2,3)4)11-17(8,9)12-18(13)16(5,6)7/h13-14H,10-12H2,1-9H3. The third-order valence-electron chi connectivity index (χ3n) is 4.64. The Morgan fingerprint density at radius 1 is 1.00 bits per heavy atom. The maximum absolute atomic E-state index is 2.72. The summed E-state index contributed by atoms with van der Waals surface area (Å²) >= 11 is 0. The summed E-state index contributed by atoms with van der Waals surface area (Å²) in [4.78, 5) is 2.72. The van der Waals surface area contributed by atoms with Gasteiger partial charge in [-0.3, -0.25) is 4.90 Å². The Morgan fingerprint density at radius 2 is 1.50 bits per heavy atom. The molecule has 1 heterocycles. The summed E-state index contributed by atoms with van der Waals surface area (Å²) in [5.41, 5.74) is 1.14. The largest absolute Gasteiger partial charge is 0.295 e. The quantitative estimate of drug-likeness (QED) is 0.590. The first-order chi connectivity index (χ1) is 7.83. The van der Waals surface area contributed by atoms with Crippen LogP contribution in [0.3, 0.4) is 0 Å².